The number of rotatable bonds is 1. The van der Waals surface area contributed by atoms with Gasteiger partial charge in [0, 0.05) is 12.0 Å². The molecule has 88 valence electrons. The molecule has 0 saturated carbocycles. The summed E-state index contributed by atoms with van der Waals surface area (Å²) in [5.74, 6) is 0.0366. The maximum Gasteiger partial charge on any atom is 0.228 e. The van der Waals surface area contributed by atoms with Crippen LogP contribution >= 0.6 is 0 Å². The lowest BCUT2D eigenvalue weighted by atomic mass is 9.95. The molecule has 3 nitrogen and oxygen atoms in total. The van der Waals surface area contributed by atoms with Crippen LogP contribution < -0.4 is 0 Å². The van der Waals surface area contributed by atoms with E-state index < -0.39 is 11.6 Å². The number of hydrogen-bond donors (Lipinski definition) is 0. The highest BCUT2D eigenvalue weighted by atomic mass is 19.1. The summed E-state index contributed by atoms with van der Waals surface area (Å²) in [5.41, 5.74) is -0.416. The van der Waals surface area contributed by atoms with Gasteiger partial charge >= 0.3 is 0 Å². The molecule has 0 aromatic carbocycles. The Balaban J connectivity index is 2.67. The zero-order valence-electron chi connectivity index (χ0n) is 10.2. The van der Waals surface area contributed by atoms with Crippen molar-refractivity contribution in [2.24, 2.45) is 5.41 Å². The van der Waals surface area contributed by atoms with E-state index in [1.165, 1.54) is 0 Å². The Morgan fingerprint density at radius 1 is 1.33 bits per heavy atom. The second-order valence-electron chi connectivity index (χ2n) is 5.51. The van der Waals surface area contributed by atoms with Gasteiger partial charge in [0.05, 0.1) is 12.6 Å². The molecule has 15 heavy (non-hydrogen) atoms. The highest BCUT2D eigenvalue weighted by Crippen LogP contribution is 2.24. The molecule has 1 amide bonds. The Labute approximate surface area is 91.2 Å². The van der Waals surface area contributed by atoms with E-state index in [9.17, 15) is 9.18 Å². The molecule has 4 heteroatoms. The lowest BCUT2D eigenvalue weighted by Gasteiger charge is -2.26. The molecule has 1 aliphatic rings. The fraction of sp³-hybridized carbons (Fsp3) is 0.909. The van der Waals surface area contributed by atoms with Crippen molar-refractivity contribution in [3.8, 4) is 0 Å². The lowest BCUT2D eigenvalue weighted by Crippen LogP contribution is -2.40. The van der Waals surface area contributed by atoms with Gasteiger partial charge in [0.2, 0.25) is 5.91 Å². The van der Waals surface area contributed by atoms with Crippen molar-refractivity contribution >= 4 is 5.91 Å². The van der Waals surface area contributed by atoms with Crippen LogP contribution in [0.4, 0.5) is 4.39 Å². The number of likely N-dealkylation sites (tertiary alicyclic amines) is 1. The Morgan fingerprint density at radius 3 is 2.20 bits per heavy atom. The highest BCUT2D eigenvalue weighted by molar-refractivity contribution is 5.81. The maximum absolute atomic E-state index is 13.6. The topological polar surface area (TPSA) is 23.6 Å². The Bertz CT molecular complexity index is 247. The smallest absolute Gasteiger partial charge is 0.228 e. The second kappa shape index (κ2) is 4.08. The molecule has 1 saturated heterocycles. The molecule has 1 fully saturated rings. The number of halogens is 1. The maximum atomic E-state index is 13.6. The molecule has 0 radical (unpaired) electrons. The number of alkyl halides is 1. The molecule has 0 spiro atoms. The third kappa shape index (κ3) is 2.68. The first kappa shape index (κ1) is 12.4. The quantitative estimate of drug-likeness (QED) is 0.656. The van der Waals surface area contributed by atoms with E-state index >= 15 is 0 Å². The van der Waals surface area contributed by atoms with Gasteiger partial charge in [-0.15, -0.1) is 0 Å². The van der Waals surface area contributed by atoms with Crippen molar-refractivity contribution < 1.29 is 9.18 Å². The number of carbonyl (C=O) groups is 1. The van der Waals surface area contributed by atoms with E-state index in [1.54, 1.807) is 4.90 Å². The lowest BCUT2D eigenvalue weighted by molar-refractivity contribution is -0.138. The van der Waals surface area contributed by atoms with Gasteiger partial charge in [0.1, 0.15) is 6.17 Å². The highest BCUT2D eigenvalue weighted by Gasteiger charge is 2.39. The first-order chi connectivity index (χ1) is 6.73. The van der Waals surface area contributed by atoms with Crippen LogP contribution in [0.15, 0.2) is 0 Å². The van der Waals surface area contributed by atoms with E-state index in [0.29, 0.717) is 6.54 Å². The SMILES string of the molecule is CN(C)[C@H]1CN(C(=O)C(C)(C)C)CC1F. The Morgan fingerprint density at radius 2 is 1.87 bits per heavy atom. The zero-order chi connectivity index (χ0) is 11.8. The molecule has 0 aromatic heterocycles. The summed E-state index contributed by atoms with van der Waals surface area (Å²) in [6.07, 6.45) is -0.925. The fourth-order valence-electron chi connectivity index (χ4n) is 1.87. The average Bonchev–Trinajstić information content (AvgIpc) is 2.44. The summed E-state index contributed by atoms with van der Waals surface area (Å²) in [6.45, 7) is 6.34. The van der Waals surface area contributed by atoms with Gasteiger partial charge in [-0.05, 0) is 14.1 Å². The van der Waals surface area contributed by atoms with Crippen molar-refractivity contribution in [3.05, 3.63) is 0 Å². The van der Waals surface area contributed by atoms with Gasteiger partial charge in [0.15, 0.2) is 0 Å². The fourth-order valence-corrected chi connectivity index (χ4v) is 1.87. The predicted molar refractivity (Wildman–Crippen MR) is 58.4 cm³/mol. The largest absolute Gasteiger partial charge is 0.338 e. The molecule has 0 N–H and O–H groups in total. The van der Waals surface area contributed by atoms with Crippen LogP contribution in [0, 0.1) is 5.41 Å². The van der Waals surface area contributed by atoms with Crippen molar-refractivity contribution in [1.82, 2.24) is 9.80 Å². The van der Waals surface area contributed by atoms with Crippen molar-refractivity contribution in [2.75, 3.05) is 27.2 Å². The van der Waals surface area contributed by atoms with Gasteiger partial charge in [0.25, 0.3) is 0 Å². The van der Waals surface area contributed by atoms with E-state index in [0.717, 1.165) is 0 Å². The number of nitrogens with zero attached hydrogens (tertiary/aromatic N) is 2. The minimum Gasteiger partial charge on any atom is -0.338 e. The van der Waals surface area contributed by atoms with E-state index in [4.69, 9.17) is 0 Å². The molecule has 0 bridgehead atoms. The van der Waals surface area contributed by atoms with Crippen molar-refractivity contribution in [1.29, 1.82) is 0 Å². The third-order valence-corrected chi connectivity index (χ3v) is 2.81. The van der Waals surface area contributed by atoms with E-state index in [1.807, 2.05) is 39.8 Å². The monoisotopic (exact) mass is 216 g/mol. The molecule has 0 aromatic rings. The van der Waals surface area contributed by atoms with Crippen LogP contribution in [0.1, 0.15) is 20.8 Å². The van der Waals surface area contributed by atoms with Gasteiger partial charge in [-0.3, -0.25) is 4.79 Å². The first-order valence-electron chi connectivity index (χ1n) is 5.33. The second-order valence-corrected chi connectivity index (χ2v) is 5.51. The van der Waals surface area contributed by atoms with Crippen LogP contribution in [0.25, 0.3) is 0 Å². The summed E-state index contributed by atoms with van der Waals surface area (Å²) in [5, 5.41) is 0. The normalized spacial score (nSPS) is 27.5. The number of amides is 1. The first-order valence-corrected chi connectivity index (χ1v) is 5.33. The molecule has 1 aliphatic heterocycles. The van der Waals surface area contributed by atoms with Crippen LogP contribution in [-0.4, -0.2) is 55.1 Å². The van der Waals surface area contributed by atoms with Crippen molar-refractivity contribution in [3.63, 3.8) is 0 Å². The summed E-state index contributed by atoms with van der Waals surface area (Å²) in [7, 11) is 3.70. The minimum absolute atomic E-state index is 0.0366. The van der Waals surface area contributed by atoms with E-state index in [2.05, 4.69) is 0 Å². The Kier molecular flexibility index (Phi) is 3.38. The zero-order valence-corrected chi connectivity index (χ0v) is 10.2. The molecule has 1 heterocycles. The van der Waals surface area contributed by atoms with Crippen LogP contribution in [-0.2, 0) is 4.79 Å². The van der Waals surface area contributed by atoms with Crippen LogP contribution in [0.2, 0.25) is 0 Å². The molecule has 0 aliphatic carbocycles. The van der Waals surface area contributed by atoms with Crippen LogP contribution in [0.3, 0.4) is 0 Å². The number of carbonyl (C=O) groups excluding carboxylic acids is 1. The molecule has 1 rings (SSSR count). The van der Waals surface area contributed by atoms with Crippen LogP contribution in [0.5, 0.6) is 0 Å². The minimum atomic E-state index is -0.925. The number of likely N-dealkylation sites (N-methyl/N-ethyl adjacent to an activating group) is 1. The Hall–Kier alpha value is -0.640. The van der Waals surface area contributed by atoms with Crippen molar-refractivity contribution in [2.45, 2.75) is 33.0 Å². The standard InChI is InChI=1S/C11H21FN2O/c1-11(2,3)10(15)14-6-8(12)9(7-14)13(4)5/h8-9H,6-7H2,1-5H3/t8?,9-/m0/s1. The molecule has 2 atom stereocenters. The number of hydrogen-bond acceptors (Lipinski definition) is 2. The summed E-state index contributed by atoms with van der Waals surface area (Å²) < 4.78 is 13.6. The van der Waals surface area contributed by atoms with E-state index in [-0.39, 0.29) is 18.5 Å². The summed E-state index contributed by atoms with van der Waals surface area (Å²) in [4.78, 5) is 15.4. The summed E-state index contributed by atoms with van der Waals surface area (Å²) >= 11 is 0. The van der Waals surface area contributed by atoms with Gasteiger partial charge in [-0.25, -0.2) is 4.39 Å². The molecule has 1 unspecified atom stereocenters. The third-order valence-electron chi connectivity index (χ3n) is 2.81. The van der Waals surface area contributed by atoms with Gasteiger partial charge < -0.3 is 9.80 Å². The van der Waals surface area contributed by atoms with Gasteiger partial charge in [-0.2, -0.15) is 0 Å². The summed E-state index contributed by atoms with van der Waals surface area (Å²) in [6, 6.07) is -0.156. The molecular formula is C11H21FN2O. The average molecular weight is 216 g/mol. The molecular weight excluding hydrogens is 195 g/mol. The van der Waals surface area contributed by atoms with Gasteiger partial charge in [-0.1, -0.05) is 20.8 Å². The predicted octanol–water partition coefficient (Wildman–Crippen LogP) is 1.14.